The van der Waals surface area contributed by atoms with Gasteiger partial charge in [0.05, 0.1) is 12.2 Å². The van der Waals surface area contributed by atoms with Crippen LogP contribution in [-0.2, 0) is 4.79 Å². The molecule has 2 saturated carbocycles. The van der Waals surface area contributed by atoms with Crippen LogP contribution >= 0.6 is 0 Å². The Morgan fingerprint density at radius 2 is 1.46 bits per heavy atom. The molecular weight excluding hydrogens is 362 g/mol. The molecule has 0 radical (unpaired) electrons. The zero-order valence-electron chi connectivity index (χ0n) is 16.8. The molecule has 2 aliphatic rings. The maximum atomic E-state index is 14.2. The molecule has 0 heterocycles. The number of benzene rings is 1. The normalized spacial score (nSPS) is 28.3. The van der Waals surface area contributed by atoms with Gasteiger partial charge in [-0.25, -0.2) is 0 Å². The predicted octanol–water partition coefficient (Wildman–Crippen LogP) is 6.42. The van der Waals surface area contributed by atoms with Crippen LogP contribution in [0.25, 0.3) is 0 Å². The fraction of sp³-hybridized carbons (Fsp3) is 0.609. The molecule has 1 aromatic carbocycles. The lowest BCUT2D eigenvalue weighted by atomic mass is 9.69. The van der Waals surface area contributed by atoms with Crippen molar-refractivity contribution in [2.75, 3.05) is 0 Å². The van der Waals surface area contributed by atoms with Crippen LogP contribution < -0.4 is 9.47 Å². The first-order valence-corrected chi connectivity index (χ1v) is 10.5. The standard InChI is InChI=1S/C23H30F2O3/c1-3-14-27-19-12-13-20(22(25)21(19)24)28-23(26)18-10-8-17(9-11-18)16-6-4-15(2)5-7-16/h3,12-18H,4-11H2,1-2H3/b14-3+. The molecular formula is C23H30F2O3. The van der Waals surface area contributed by atoms with Gasteiger partial charge in [0.25, 0.3) is 0 Å². The fourth-order valence-electron chi connectivity index (χ4n) is 4.60. The summed E-state index contributed by atoms with van der Waals surface area (Å²) in [5, 5.41) is 0. The molecule has 0 bridgehead atoms. The van der Waals surface area contributed by atoms with Crippen molar-refractivity contribution in [3.8, 4) is 11.5 Å². The second kappa shape index (κ2) is 9.53. The third kappa shape index (κ3) is 4.92. The Kier molecular flexibility index (Phi) is 7.08. The zero-order chi connectivity index (χ0) is 20.1. The molecule has 1 aromatic rings. The Morgan fingerprint density at radius 3 is 2.07 bits per heavy atom. The van der Waals surface area contributed by atoms with Crippen LogP contribution in [0.1, 0.15) is 65.2 Å². The lowest BCUT2D eigenvalue weighted by molar-refractivity contribution is -0.140. The molecule has 3 nitrogen and oxygen atoms in total. The van der Waals surface area contributed by atoms with E-state index in [-0.39, 0.29) is 17.4 Å². The molecule has 0 aliphatic heterocycles. The summed E-state index contributed by atoms with van der Waals surface area (Å²) < 4.78 is 38.4. The zero-order valence-corrected chi connectivity index (χ0v) is 16.8. The van der Waals surface area contributed by atoms with Gasteiger partial charge in [-0.15, -0.1) is 0 Å². The Morgan fingerprint density at radius 1 is 0.929 bits per heavy atom. The lowest BCUT2D eigenvalue weighted by Crippen LogP contribution is -2.30. The van der Waals surface area contributed by atoms with Crippen LogP contribution in [0.15, 0.2) is 24.5 Å². The maximum Gasteiger partial charge on any atom is 0.314 e. The van der Waals surface area contributed by atoms with Crippen molar-refractivity contribution in [2.24, 2.45) is 23.7 Å². The van der Waals surface area contributed by atoms with Gasteiger partial charge in [0.1, 0.15) is 0 Å². The van der Waals surface area contributed by atoms with E-state index in [9.17, 15) is 13.6 Å². The van der Waals surface area contributed by atoms with E-state index in [1.54, 1.807) is 13.0 Å². The number of halogens is 2. The average Bonchev–Trinajstić information content (AvgIpc) is 2.71. The van der Waals surface area contributed by atoms with Gasteiger partial charge in [0, 0.05) is 0 Å². The fourth-order valence-corrected chi connectivity index (χ4v) is 4.60. The maximum absolute atomic E-state index is 14.2. The van der Waals surface area contributed by atoms with Crippen molar-refractivity contribution in [3.63, 3.8) is 0 Å². The summed E-state index contributed by atoms with van der Waals surface area (Å²) in [5.41, 5.74) is 0. The molecule has 0 spiro atoms. The van der Waals surface area contributed by atoms with Crippen LogP contribution in [0.3, 0.4) is 0 Å². The molecule has 0 atom stereocenters. The molecule has 0 saturated heterocycles. The Labute approximate surface area is 166 Å². The SMILES string of the molecule is C/C=C/Oc1ccc(OC(=O)C2CCC(C3CCC(C)CC3)CC2)c(F)c1F. The van der Waals surface area contributed by atoms with Crippen LogP contribution in [0.4, 0.5) is 8.78 Å². The minimum atomic E-state index is -1.19. The van der Waals surface area contributed by atoms with Gasteiger partial charge in [-0.2, -0.15) is 8.78 Å². The highest BCUT2D eigenvalue weighted by atomic mass is 19.2. The highest BCUT2D eigenvalue weighted by Crippen LogP contribution is 2.41. The summed E-state index contributed by atoms with van der Waals surface area (Å²) in [4.78, 5) is 12.5. The van der Waals surface area contributed by atoms with E-state index in [2.05, 4.69) is 6.92 Å². The molecule has 5 heteroatoms. The Hall–Kier alpha value is -1.91. The van der Waals surface area contributed by atoms with Crippen molar-refractivity contribution < 1.29 is 23.0 Å². The number of carbonyl (C=O) groups is 1. The second-order valence-corrected chi connectivity index (χ2v) is 8.33. The van der Waals surface area contributed by atoms with E-state index in [0.717, 1.165) is 37.5 Å². The summed E-state index contributed by atoms with van der Waals surface area (Å²) in [6.45, 7) is 4.03. The van der Waals surface area contributed by atoms with Crippen LogP contribution in [0, 0.1) is 35.3 Å². The third-order valence-electron chi connectivity index (χ3n) is 6.39. The van der Waals surface area contributed by atoms with Crippen molar-refractivity contribution in [3.05, 3.63) is 36.1 Å². The molecule has 154 valence electrons. The molecule has 3 rings (SSSR count). The largest absolute Gasteiger partial charge is 0.462 e. The Bertz CT molecular complexity index is 700. The van der Waals surface area contributed by atoms with Crippen LogP contribution in [0.5, 0.6) is 11.5 Å². The first-order chi connectivity index (χ1) is 13.5. The first kappa shape index (κ1) is 20.8. The van der Waals surface area contributed by atoms with Crippen molar-refractivity contribution in [1.82, 2.24) is 0 Å². The number of rotatable bonds is 5. The van der Waals surface area contributed by atoms with Crippen molar-refractivity contribution in [1.29, 1.82) is 0 Å². The van der Waals surface area contributed by atoms with Gasteiger partial charge >= 0.3 is 5.97 Å². The molecule has 0 aromatic heterocycles. The topological polar surface area (TPSA) is 35.5 Å². The van der Waals surface area contributed by atoms with Crippen molar-refractivity contribution >= 4 is 5.97 Å². The van der Waals surface area contributed by atoms with E-state index < -0.39 is 17.6 Å². The van der Waals surface area contributed by atoms with Gasteiger partial charge in [-0.1, -0.05) is 25.8 Å². The monoisotopic (exact) mass is 392 g/mol. The van der Waals surface area contributed by atoms with E-state index in [4.69, 9.17) is 9.47 Å². The van der Waals surface area contributed by atoms with Gasteiger partial charge in [0.2, 0.25) is 11.6 Å². The summed E-state index contributed by atoms with van der Waals surface area (Å²) in [6.07, 6.45) is 11.6. The quantitative estimate of drug-likeness (QED) is 0.330. The smallest absolute Gasteiger partial charge is 0.314 e. The van der Waals surface area contributed by atoms with E-state index in [1.807, 2.05) is 0 Å². The molecule has 0 amide bonds. The average molecular weight is 392 g/mol. The lowest BCUT2D eigenvalue weighted by Gasteiger charge is -2.36. The highest BCUT2D eigenvalue weighted by molar-refractivity contribution is 5.75. The predicted molar refractivity (Wildman–Crippen MR) is 104 cm³/mol. The molecule has 0 unspecified atom stereocenters. The van der Waals surface area contributed by atoms with Gasteiger partial charge in [0.15, 0.2) is 11.5 Å². The van der Waals surface area contributed by atoms with E-state index in [1.165, 1.54) is 44.1 Å². The molecule has 0 N–H and O–H groups in total. The summed E-state index contributed by atoms with van der Waals surface area (Å²) in [6, 6.07) is 2.51. The number of hydrogen-bond donors (Lipinski definition) is 0. The number of hydrogen-bond acceptors (Lipinski definition) is 3. The van der Waals surface area contributed by atoms with Crippen molar-refractivity contribution in [2.45, 2.75) is 65.2 Å². The summed E-state index contributed by atoms with van der Waals surface area (Å²) >= 11 is 0. The number of carbonyl (C=O) groups excluding carboxylic acids is 1. The van der Waals surface area contributed by atoms with E-state index in [0.29, 0.717) is 5.92 Å². The molecule has 2 fully saturated rings. The van der Waals surface area contributed by atoms with Crippen LogP contribution in [0.2, 0.25) is 0 Å². The molecule has 28 heavy (non-hydrogen) atoms. The van der Waals surface area contributed by atoms with E-state index >= 15 is 0 Å². The van der Waals surface area contributed by atoms with Gasteiger partial charge in [-0.3, -0.25) is 4.79 Å². The summed E-state index contributed by atoms with van der Waals surface area (Å²) in [7, 11) is 0. The summed E-state index contributed by atoms with van der Waals surface area (Å²) in [5.74, 6) is -1.35. The third-order valence-corrected chi connectivity index (χ3v) is 6.39. The number of allylic oxidation sites excluding steroid dienone is 1. The second-order valence-electron chi connectivity index (χ2n) is 8.33. The first-order valence-electron chi connectivity index (χ1n) is 10.5. The molecule has 2 aliphatic carbocycles. The minimum Gasteiger partial charge on any atom is -0.462 e. The van der Waals surface area contributed by atoms with Gasteiger partial charge < -0.3 is 9.47 Å². The number of esters is 1. The number of ether oxygens (including phenoxy) is 2. The van der Waals surface area contributed by atoms with Crippen LogP contribution in [-0.4, -0.2) is 5.97 Å². The van der Waals surface area contributed by atoms with Gasteiger partial charge in [-0.05, 0) is 75.3 Å². The highest BCUT2D eigenvalue weighted by Gasteiger charge is 2.33. The minimum absolute atomic E-state index is 0.236. The Balaban J connectivity index is 1.54.